The largest absolute Gasteiger partial charge is 0.329 e. The van der Waals surface area contributed by atoms with E-state index >= 15 is 0 Å². The Hall–Kier alpha value is -2.88. The van der Waals surface area contributed by atoms with Gasteiger partial charge in [0.05, 0.1) is 17.1 Å². The Morgan fingerprint density at radius 1 is 1.04 bits per heavy atom. The number of imidazole rings is 1. The summed E-state index contributed by atoms with van der Waals surface area (Å²) in [5, 5.41) is 3.48. The van der Waals surface area contributed by atoms with Crippen LogP contribution in [0.15, 0.2) is 65.9 Å². The number of anilines is 1. The van der Waals surface area contributed by atoms with Crippen molar-refractivity contribution >= 4 is 22.8 Å². The van der Waals surface area contributed by atoms with Gasteiger partial charge < -0.3 is 5.32 Å². The first-order valence-electron chi connectivity index (χ1n) is 9.09. The fraction of sp³-hybridized carbons (Fsp3) is 0.273. The minimum absolute atomic E-state index is 0.0294. The van der Waals surface area contributed by atoms with Crippen LogP contribution in [0.3, 0.4) is 0 Å². The zero-order chi connectivity index (χ0) is 17.9. The monoisotopic (exact) mass is 343 g/mol. The SMILES string of the molecule is CC1(C)CC(=O)C2=C(C1)Nc1nc3ccccc3n1C2c1ccccc1. The van der Waals surface area contributed by atoms with Gasteiger partial charge in [0.2, 0.25) is 5.95 Å². The lowest BCUT2D eigenvalue weighted by molar-refractivity contribution is -0.118. The highest BCUT2D eigenvalue weighted by Gasteiger charge is 2.41. The summed E-state index contributed by atoms with van der Waals surface area (Å²) in [4.78, 5) is 18.0. The number of hydrogen-bond donors (Lipinski definition) is 1. The van der Waals surface area contributed by atoms with Crippen LogP contribution in [0, 0.1) is 5.41 Å². The van der Waals surface area contributed by atoms with Crippen LogP contribution in [0.2, 0.25) is 0 Å². The molecule has 1 aliphatic heterocycles. The highest BCUT2D eigenvalue weighted by atomic mass is 16.1. The third kappa shape index (κ3) is 2.22. The van der Waals surface area contributed by atoms with Crippen molar-refractivity contribution in [2.45, 2.75) is 32.7 Å². The van der Waals surface area contributed by atoms with E-state index in [2.05, 4.69) is 41.9 Å². The van der Waals surface area contributed by atoms with E-state index in [-0.39, 0.29) is 17.2 Å². The number of nitrogens with one attached hydrogen (secondary N) is 1. The molecule has 2 aliphatic rings. The molecule has 0 bridgehead atoms. The van der Waals surface area contributed by atoms with Crippen LogP contribution in [0.5, 0.6) is 0 Å². The van der Waals surface area contributed by atoms with Gasteiger partial charge in [0, 0.05) is 17.7 Å². The van der Waals surface area contributed by atoms with Crippen LogP contribution in [-0.4, -0.2) is 15.3 Å². The summed E-state index contributed by atoms with van der Waals surface area (Å²) in [5.41, 5.74) is 5.02. The summed E-state index contributed by atoms with van der Waals surface area (Å²) in [5.74, 6) is 1.06. The number of benzene rings is 2. The first-order chi connectivity index (χ1) is 12.5. The van der Waals surface area contributed by atoms with E-state index in [1.54, 1.807) is 0 Å². The molecule has 1 aliphatic carbocycles. The molecule has 0 spiro atoms. The maximum absolute atomic E-state index is 13.2. The Balaban J connectivity index is 1.80. The van der Waals surface area contributed by atoms with E-state index in [9.17, 15) is 4.79 Å². The second-order valence-corrected chi connectivity index (χ2v) is 8.07. The molecule has 5 rings (SSSR count). The predicted octanol–water partition coefficient (Wildman–Crippen LogP) is 4.69. The second kappa shape index (κ2) is 5.31. The Morgan fingerprint density at radius 3 is 2.58 bits per heavy atom. The Kier molecular flexibility index (Phi) is 3.14. The summed E-state index contributed by atoms with van der Waals surface area (Å²) in [6.07, 6.45) is 1.44. The summed E-state index contributed by atoms with van der Waals surface area (Å²) in [7, 11) is 0. The zero-order valence-electron chi connectivity index (χ0n) is 15.0. The highest BCUT2D eigenvalue weighted by Crippen LogP contribution is 2.46. The van der Waals surface area contributed by atoms with Gasteiger partial charge in [0.25, 0.3) is 0 Å². The molecule has 0 saturated heterocycles. The number of allylic oxidation sites excluding steroid dienone is 2. The first kappa shape index (κ1) is 15.4. The molecule has 1 aromatic heterocycles. The Labute approximate surface area is 152 Å². The third-order valence-corrected chi connectivity index (χ3v) is 5.43. The molecule has 0 amide bonds. The molecule has 2 aromatic carbocycles. The van der Waals surface area contributed by atoms with Crippen molar-refractivity contribution in [1.29, 1.82) is 0 Å². The van der Waals surface area contributed by atoms with Crippen LogP contribution < -0.4 is 5.32 Å². The molecule has 4 nitrogen and oxygen atoms in total. The van der Waals surface area contributed by atoms with Gasteiger partial charge in [0.1, 0.15) is 0 Å². The molecule has 1 atom stereocenters. The van der Waals surface area contributed by atoms with Gasteiger partial charge in [-0.05, 0) is 29.5 Å². The predicted molar refractivity (Wildman–Crippen MR) is 103 cm³/mol. The van der Waals surface area contributed by atoms with E-state index in [4.69, 9.17) is 4.98 Å². The lowest BCUT2D eigenvalue weighted by atomic mass is 9.73. The number of Topliss-reactive ketones (excluding diaryl/α,β-unsaturated/α-hetero) is 1. The molecule has 0 fully saturated rings. The topological polar surface area (TPSA) is 46.9 Å². The van der Waals surface area contributed by atoms with Crippen molar-refractivity contribution in [3.63, 3.8) is 0 Å². The number of nitrogens with zero attached hydrogens (tertiary/aromatic N) is 2. The average molecular weight is 343 g/mol. The summed E-state index contributed by atoms with van der Waals surface area (Å²) >= 11 is 0. The normalized spacial score (nSPS) is 21.3. The standard InChI is InChI=1S/C22H21N3O/c1-22(2)12-16-19(18(26)13-22)20(14-8-4-3-5-9-14)25-17-11-7-6-10-15(17)23-21(25)24-16/h3-11,20H,12-13H2,1-2H3,(H,23,24). The molecule has 26 heavy (non-hydrogen) atoms. The number of carbonyl (C=O) groups excluding carboxylic acids is 1. The van der Waals surface area contributed by atoms with Gasteiger partial charge in [-0.1, -0.05) is 56.3 Å². The van der Waals surface area contributed by atoms with Gasteiger partial charge in [-0.25, -0.2) is 4.98 Å². The number of para-hydroxylation sites is 2. The van der Waals surface area contributed by atoms with E-state index in [1.165, 1.54) is 0 Å². The van der Waals surface area contributed by atoms with E-state index in [0.717, 1.165) is 40.2 Å². The van der Waals surface area contributed by atoms with Gasteiger partial charge in [-0.3, -0.25) is 9.36 Å². The molecule has 1 N–H and O–H groups in total. The van der Waals surface area contributed by atoms with Crippen molar-refractivity contribution in [1.82, 2.24) is 9.55 Å². The highest BCUT2D eigenvalue weighted by molar-refractivity contribution is 6.00. The van der Waals surface area contributed by atoms with Gasteiger partial charge in [0.15, 0.2) is 5.78 Å². The molecule has 2 heterocycles. The van der Waals surface area contributed by atoms with Crippen LogP contribution in [-0.2, 0) is 4.79 Å². The molecule has 3 aromatic rings. The zero-order valence-corrected chi connectivity index (χ0v) is 15.0. The van der Waals surface area contributed by atoms with E-state index < -0.39 is 0 Å². The van der Waals surface area contributed by atoms with E-state index in [1.807, 2.05) is 36.4 Å². The number of hydrogen-bond acceptors (Lipinski definition) is 3. The van der Waals surface area contributed by atoms with Crippen molar-refractivity contribution in [3.8, 4) is 0 Å². The van der Waals surface area contributed by atoms with Crippen LogP contribution >= 0.6 is 0 Å². The lowest BCUT2D eigenvalue weighted by Crippen LogP contribution is -2.36. The minimum atomic E-state index is -0.126. The number of ketones is 1. The second-order valence-electron chi connectivity index (χ2n) is 8.07. The minimum Gasteiger partial charge on any atom is -0.329 e. The molecule has 130 valence electrons. The van der Waals surface area contributed by atoms with Crippen LogP contribution in [0.25, 0.3) is 11.0 Å². The maximum Gasteiger partial charge on any atom is 0.209 e. The first-order valence-corrected chi connectivity index (χ1v) is 9.09. The van der Waals surface area contributed by atoms with Crippen molar-refractivity contribution in [2.24, 2.45) is 5.41 Å². The maximum atomic E-state index is 13.2. The fourth-order valence-electron chi connectivity index (χ4n) is 4.37. The summed E-state index contributed by atoms with van der Waals surface area (Å²) in [6, 6.07) is 18.3. The lowest BCUT2D eigenvalue weighted by Gasteiger charge is -2.39. The molecule has 4 heteroatoms. The van der Waals surface area contributed by atoms with Crippen molar-refractivity contribution in [2.75, 3.05) is 5.32 Å². The molecule has 0 saturated carbocycles. The summed E-state index contributed by atoms with van der Waals surface area (Å²) < 4.78 is 2.18. The van der Waals surface area contributed by atoms with Crippen molar-refractivity contribution in [3.05, 3.63) is 71.4 Å². The van der Waals surface area contributed by atoms with Gasteiger partial charge in [-0.15, -0.1) is 0 Å². The number of fused-ring (bicyclic) bond motifs is 3. The smallest absolute Gasteiger partial charge is 0.209 e. The Morgan fingerprint density at radius 2 is 1.77 bits per heavy atom. The average Bonchev–Trinajstić information content (AvgIpc) is 2.97. The van der Waals surface area contributed by atoms with Crippen molar-refractivity contribution < 1.29 is 4.79 Å². The molecular weight excluding hydrogens is 322 g/mol. The van der Waals surface area contributed by atoms with Crippen LogP contribution in [0.4, 0.5) is 5.95 Å². The number of carbonyl (C=O) groups is 1. The molecule has 1 unspecified atom stereocenters. The number of rotatable bonds is 1. The van der Waals surface area contributed by atoms with Gasteiger partial charge in [-0.2, -0.15) is 0 Å². The van der Waals surface area contributed by atoms with Crippen LogP contribution in [0.1, 0.15) is 38.3 Å². The van der Waals surface area contributed by atoms with Gasteiger partial charge >= 0.3 is 0 Å². The number of aromatic nitrogens is 2. The quantitative estimate of drug-likeness (QED) is 0.697. The third-order valence-electron chi connectivity index (χ3n) is 5.43. The Bertz CT molecular complexity index is 1060. The summed E-state index contributed by atoms with van der Waals surface area (Å²) in [6.45, 7) is 4.32. The fourth-order valence-corrected chi connectivity index (χ4v) is 4.37. The molecule has 0 radical (unpaired) electrons. The molecular formula is C22H21N3O. The van der Waals surface area contributed by atoms with E-state index in [0.29, 0.717) is 6.42 Å².